The van der Waals surface area contributed by atoms with Gasteiger partial charge in [0.05, 0.1) is 0 Å². The van der Waals surface area contributed by atoms with E-state index in [2.05, 4.69) is 17.7 Å². The van der Waals surface area contributed by atoms with Gasteiger partial charge in [-0.2, -0.15) is 4.52 Å². The van der Waals surface area contributed by atoms with Crippen LogP contribution in [0.2, 0.25) is 0 Å². The molecule has 1 unspecified atom stereocenters. The molecule has 0 radical (unpaired) electrons. The zero-order chi connectivity index (χ0) is 14.9. The Hall–Kier alpha value is -1.95. The molecule has 1 atom stereocenters. The highest BCUT2D eigenvalue weighted by Gasteiger charge is 1.99. The molecule has 5 heteroatoms. The first-order valence-electron chi connectivity index (χ1n) is 6.27. The third-order valence-electron chi connectivity index (χ3n) is 2.65. The summed E-state index contributed by atoms with van der Waals surface area (Å²) < 4.78 is 15.4. The standard InChI is InChI=1S/C16H15NO2P2/c1-3-13-9-5-7-11-15(13)18-20-17-21-19-16-12-8-6-10-14(16)4-2/h3-12,20H,1-2H2. The summed E-state index contributed by atoms with van der Waals surface area (Å²) in [6, 6.07) is 15.4. The van der Waals surface area contributed by atoms with Crippen LogP contribution >= 0.6 is 17.6 Å². The van der Waals surface area contributed by atoms with Crippen LogP contribution in [0.15, 0.2) is 66.2 Å². The molecule has 3 nitrogen and oxygen atoms in total. The Morgan fingerprint density at radius 3 is 2.14 bits per heavy atom. The molecule has 106 valence electrons. The predicted octanol–water partition coefficient (Wildman–Crippen LogP) is 5.98. The summed E-state index contributed by atoms with van der Waals surface area (Å²) in [6.07, 6.45) is 3.51. The lowest BCUT2D eigenvalue weighted by atomic mass is 10.2. The summed E-state index contributed by atoms with van der Waals surface area (Å²) in [7, 11) is 0.474. The Kier molecular flexibility index (Phi) is 6.15. The van der Waals surface area contributed by atoms with E-state index in [1.807, 2.05) is 48.5 Å². The number of hydrogen-bond donors (Lipinski definition) is 0. The number of nitrogens with zero attached hydrogens (tertiary/aromatic N) is 1. The first kappa shape index (κ1) is 15.4. The zero-order valence-electron chi connectivity index (χ0n) is 11.4. The van der Waals surface area contributed by atoms with Gasteiger partial charge in [-0.25, -0.2) is 0 Å². The first-order chi connectivity index (χ1) is 10.3. The second-order valence-electron chi connectivity index (χ2n) is 3.95. The van der Waals surface area contributed by atoms with Crippen LogP contribution in [0.1, 0.15) is 11.1 Å². The van der Waals surface area contributed by atoms with Crippen molar-refractivity contribution in [2.75, 3.05) is 0 Å². The van der Waals surface area contributed by atoms with E-state index < -0.39 is 0 Å². The Bertz CT molecular complexity index is 656. The second-order valence-corrected chi connectivity index (χ2v) is 5.48. The maximum absolute atomic E-state index is 5.61. The maximum Gasteiger partial charge on any atom is 0.249 e. The Balaban J connectivity index is 1.89. The summed E-state index contributed by atoms with van der Waals surface area (Å²) in [6.45, 7) is 7.50. The van der Waals surface area contributed by atoms with Crippen LogP contribution in [0.5, 0.6) is 11.5 Å². The fraction of sp³-hybridized carbons (Fsp3) is 0. The van der Waals surface area contributed by atoms with Crippen molar-refractivity contribution in [3.63, 3.8) is 0 Å². The van der Waals surface area contributed by atoms with Crippen LogP contribution < -0.4 is 9.05 Å². The molecule has 0 amide bonds. The summed E-state index contributed by atoms with van der Waals surface area (Å²) in [5, 5.41) is 0. The Morgan fingerprint density at radius 2 is 1.48 bits per heavy atom. The third-order valence-corrected chi connectivity index (χ3v) is 3.90. The molecule has 0 N–H and O–H groups in total. The molecule has 0 aliphatic carbocycles. The predicted molar refractivity (Wildman–Crippen MR) is 92.0 cm³/mol. The van der Waals surface area contributed by atoms with E-state index in [4.69, 9.17) is 9.05 Å². The van der Waals surface area contributed by atoms with Crippen molar-refractivity contribution in [1.29, 1.82) is 0 Å². The molecule has 0 saturated heterocycles. The van der Waals surface area contributed by atoms with E-state index in [0.29, 0.717) is 8.60 Å². The van der Waals surface area contributed by atoms with Crippen LogP contribution in [0.25, 0.3) is 12.2 Å². The van der Waals surface area contributed by atoms with E-state index in [9.17, 15) is 0 Å². The van der Waals surface area contributed by atoms with Gasteiger partial charge < -0.3 is 9.05 Å². The van der Waals surface area contributed by atoms with Crippen molar-refractivity contribution >= 4 is 29.7 Å². The molecule has 2 rings (SSSR count). The summed E-state index contributed by atoms with van der Waals surface area (Å²) in [4.78, 5) is 0. The van der Waals surface area contributed by atoms with Gasteiger partial charge in [0.2, 0.25) is 17.6 Å². The number of para-hydroxylation sites is 2. The van der Waals surface area contributed by atoms with Gasteiger partial charge in [0.25, 0.3) is 0 Å². The fourth-order valence-corrected chi connectivity index (χ4v) is 2.62. The minimum Gasteiger partial charge on any atom is -0.453 e. The normalized spacial score (nSPS) is 10.9. The van der Waals surface area contributed by atoms with Gasteiger partial charge in [0, 0.05) is 11.1 Å². The van der Waals surface area contributed by atoms with Crippen molar-refractivity contribution in [1.82, 2.24) is 0 Å². The summed E-state index contributed by atoms with van der Waals surface area (Å²) >= 11 is 0. The van der Waals surface area contributed by atoms with Gasteiger partial charge in [-0.3, -0.25) is 0 Å². The Labute approximate surface area is 128 Å². The third kappa shape index (κ3) is 4.53. The molecule has 21 heavy (non-hydrogen) atoms. The molecule has 2 aromatic carbocycles. The van der Waals surface area contributed by atoms with Gasteiger partial charge >= 0.3 is 0 Å². The van der Waals surface area contributed by atoms with E-state index in [1.54, 1.807) is 12.2 Å². The fourth-order valence-electron chi connectivity index (χ4n) is 1.63. The average molecular weight is 315 g/mol. The van der Waals surface area contributed by atoms with Crippen molar-refractivity contribution in [3.8, 4) is 11.5 Å². The minimum absolute atomic E-state index is 0.0277. The van der Waals surface area contributed by atoms with Gasteiger partial charge in [-0.05, 0) is 12.1 Å². The summed E-state index contributed by atoms with van der Waals surface area (Å²) in [5.41, 5.74) is 1.90. The van der Waals surface area contributed by atoms with Crippen LogP contribution in [0.4, 0.5) is 0 Å². The molecule has 0 spiro atoms. The average Bonchev–Trinajstić information content (AvgIpc) is 2.55. The molecule has 0 aliphatic heterocycles. The molecule has 2 aromatic rings. The van der Waals surface area contributed by atoms with Crippen LogP contribution in [0.3, 0.4) is 0 Å². The highest BCUT2D eigenvalue weighted by atomic mass is 31.1. The Morgan fingerprint density at radius 1 is 0.905 bits per heavy atom. The number of rotatable bonds is 7. The minimum atomic E-state index is -0.0277. The van der Waals surface area contributed by atoms with Gasteiger partial charge in [0.15, 0.2) is 0 Å². The van der Waals surface area contributed by atoms with Gasteiger partial charge in [0.1, 0.15) is 11.5 Å². The maximum atomic E-state index is 5.61. The molecule has 0 bridgehead atoms. The van der Waals surface area contributed by atoms with Gasteiger partial charge in [-0.1, -0.05) is 61.7 Å². The van der Waals surface area contributed by atoms with Crippen LogP contribution in [-0.4, -0.2) is 0 Å². The largest absolute Gasteiger partial charge is 0.453 e. The quantitative estimate of drug-likeness (QED) is 0.588. The lowest BCUT2D eigenvalue weighted by Gasteiger charge is -2.05. The van der Waals surface area contributed by atoms with E-state index in [1.165, 1.54) is 0 Å². The number of benzene rings is 2. The molecule has 0 saturated carbocycles. The lowest BCUT2D eigenvalue weighted by Crippen LogP contribution is -1.81. The van der Waals surface area contributed by atoms with Gasteiger partial charge in [-0.15, -0.1) is 0 Å². The molecule has 0 aromatic heterocycles. The zero-order valence-corrected chi connectivity index (χ0v) is 13.3. The van der Waals surface area contributed by atoms with Crippen LogP contribution in [-0.2, 0) is 0 Å². The lowest BCUT2D eigenvalue weighted by molar-refractivity contribution is 0.625. The SMILES string of the molecule is C=Cc1ccccc1OP=NPOc1ccccc1C=C. The highest BCUT2D eigenvalue weighted by molar-refractivity contribution is 7.39. The molecular formula is C16H15NO2P2. The van der Waals surface area contributed by atoms with Crippen molar-refractivity contribution in [2.24, 2.45) is 4.52 Å². The molecule has 0 aliphatic rings. The molecule has 0 fully saturated rings. The van der Waals surface area contributed by atoms with Crippen LogP contribution in [0, 0.1) is 0 Å². The topological polar surface area (TPSA) is 30.8 Å². The number of hydrogen-bond acceptors (Lipinski definition) is 3. The van der Waals surface area contributed by atoms with Crippen molar-refractivity contribution < 1.29 is 9.05 Å². The van der Waals surface area contributed by atoms with Crippen molar-refractivity contribution in [2.45, 2.75) is 0 Å². The second kappa shape index (κ2) is 8.36. The smallest absolute Gasteiger partial charge is 0.249 e. The monoisotopic (exact) mass is 315 g/mol. The van der Waals surface area contributed by atoms with E-state index in [0.717, 1.165) is 22.6 Å². The van der Waals surface area contributed by atoms with E-state index >= 15 is 0 Å². The van der Waals surface area contributed by atoms with Crippen molar-refractivity contribution in [3.05, 3.63) is 72.8 Å². The van der Waals surface area contributed by atoms with E-state index in [-0.39, 0.29) is 8.96 Å². The first-order valence-corrected chi connectivity index (χ1v) is 7.89. The summed E-state index contributed by atoms with van der Waals surface area (Å²) in [5.74, 6) is 1.53. The molecular weight excluding hydrogens is 300 g/mol. The molecule has 0 heterocycles. The highest BCUT2D eigenvalue weighted by Crippen LogP contribution is 2.30.